The first-order valence-electron chi connectivity index (χ1n) is 4.66. The van der Waals surface area contributed by atoms with Crippen LogP contribution in [0.4, 0.5) is 5.69 Å². The van der Waals surface area contributed by atoms with Crippen molar-refractivity contribution in [1.82, 2.24) is 9.78 Å². The van der Waals surface area contributed by atoms with E-state index in [1.807, 2.05) is 0 Å². The quantitative estimate of drug-likeness (QED) is 0.496. The van der Waals surface area contributed by atoms with Crippen LogP contribution >= 0.6 is 27.5 Å². The Morgan fingerprint density at radius 3 is 2.82 bits per heavy atom. The first-order chi connectivity index (χ1) is 8.11. The molecule has 0 spiro atoms. The maximum Gasteiger partial charge on any atom is 0.271 e. The Kier molecular flexibility index (Phi) is 3.44. The van der Waals surface area contributed by atoms with E-state index >= 15 is 0 Å². The van der Waals surface area contributed by atoms with Crippen molar-refractivity contribution < 1.29 is 4.92 Å². The molecule has 7 heteroatoms. The van der Waals surface area contributed by atoms with Gasteiger partial charge in [0.2, 0.25) is 0 Å². The number of halogens is 2. The van der Waals surface area contributed by atoms with E-state index < -0.39 is 4.92 Å². The van der Waals surface area contributed by atoms with Gasteiger partial charge in [-0.3, -0.25) is 10.1 Å². The van der Waals surface area contributed by atoms with Crippen LogP contribution < -0.4 is 0 Å². The summed E-state index contributed by atoms with van der Waals surface area (Å²) in [6, 6.07) is 6.27. The number of nitro benzene ring substituents is 1. The maximum absolute atomic E-state index is 10.7. The van der Waals surface area contributed by atoms with Gasteiger partial charge in [0.05, 0.1) is 22.2 Å². The lowest BCUT2D eigenvalue weighted by Crippen LogP contribution is -1.98. The average Bonchev–Trinajstić information content (AvgIpc) is 2.77. The Balaban J connectivity index is 2.49. The number of non-ortho nitro benzene ring substituents is 1. The zero-order valence-electron chi connectivity index (χ0n) is 8.51. The first-order valence-corrected chi connectivity index (χ1v) is 5.99. The van der Waals surface area contributed by atoms with E-state index in [2.05, 4.69) is 21.0 Å². The van der Waals surface area contributed by atoms with Crippen molar-refractivity contribution >= 4 is 33.2 Å². The Labute approximate surface area is 110 Å². The number of hydrogen-bond donors (Lipinski definition) is 0. The molecule has 2 rings (SSSR count). The molecule has 0 aliphatic rings. The number of alkyl halides is 1. The summed E-state index contributed by atoms with van der Waals surface area (Å²) in [6.45, 7) is 0. The van der Waals surface area contributed by atoms with Crippen molar-refractivity contribution in [3.8, 4) is 5.69 Å². The molecule has 0 N–H and O–H groups in total. The van der Waals surface area contributed by atoms with Crippen LogP contribution in [0.25, 0.3) is 5.69 Å². The third-order valence-corrected chi connectivity index (χ3v) is 3.11. The molecule has 88 valence electrons. The van der Waals surface area contributed by atoms with Crippen molar-refractivity contribution in [2.75, 3.05) is 0 Å². The van der Waals surface area contributed by atoms with Gasteiger partial charge in [-0.1, -0.05) is 0 Å². The summed E-state index contributed by atoms with van der Waals surface area (Å²) < 4.78 is 2.28. The van der Waals surface area contributed by atoms with Gasteiger partial charge in [0, 0.05) is 22.8 Å². The molecule has 2 aromatic rings. The van der Waals surface area contributed by atoms with Gasteiger partial charge >= 0.3 is 0 Å². The highest BCUT2D eigenvalue weighted by Crippen LogP contribution is 2.25. The number of hydrogen-bond acceptors (Lipinski definition) is 3. The highest BCUT2D eigenvalue weighted by molar-refractivity contribution is 9.10. The zero-order valence-corrected chi connectivity index (χ0v) is 10.8. The smallest absolute Gasteiger partial charge is 0.258 e. The molecule has 0 amide bonds. The average molecular weight is 317 g/mol. The van der Waals surface area contributed by atoms with Crippen molar-refractivity contribution in [3.05, 3.63) is 50.7 Å². The number of aromatic nitrogens is 2. The van der Waals surface area contributed by atoms with Gasteiger partial charge in [-0.05, 0) is 28.1 Å². The number of rotatable bonds is 3. The van der Waals surface area contributed by atoms with Crippen LogP contribution in [0.2, 0.25) is 0 Å². The highest BCUT2D eigenvalue weighted by Gasteiger charge is 2.11. The van der Waals surface area contributed by atoms with Crippen LogP contribution in [0.1, 0.15) is 5.69 Å². The molecule has 0 fully saturated rings. The molecular weight excluding hydrogens is 309 g/mol. The van der Waals surface area contributed by atoms with Gasteiger partial charge in [0.1, 0.15) is 0 Å². The molecule has 0 atom stereocenters. The predicted octanol–water partition coefficient (Wildman–Crippen LogP) is 3.28. The van der Waals surface area contributed by atoms with Gasteiger partial charge in [-0.15, -0.1) is 11.6 Å². The Bertz CT molecular complexity index is 570. The topological polar surface area (TPSA) is 61.0 Å². The van der Waals surface area contributed by atoms with E-state index in [1.165, 1.54) is 12.1 Å². The van der Waals surface area contributed by atoms with Crippen LogP contribution in [0.15, 0.2) is 34.9 Å². The van der Waals surface area contributed by atoms with Crippen molar-refractivity contribution in [3.63, 3.8) is 0 Å². The van der Waals surface area contributed by atoms with Crippen molar-refractivity contribution in [2.24, 2.45) is 0 Å². The molecule has 0 saturated carbocycles. The summed E-state index contributed by atoms with van der Waals surface area (Å²) >= 11 is 8.98. The fraction of sp³-hybridized carbons (Fsp3) is 0.100. The third kappa shape index (κ3) is 2.48. The van der Waals surface area contributed by atoms with E-state index in [0.717, 1.165) is 4.47 Å². The molecule has 1 aromatic heterocycles. The lowest BCUT2D eigenvalue weighted by molar-refractivity contribution is -0.384. The normalized spacial score (nSPS) is 10.5. The fourth-order valence-electron chi connectivity index (χ4n) is 1.36. The van der Waals surface area contributed by atoms with E-state index in [1.54, 1.807) is 23.0 Å². The van der Waals surface area contributed by atoms with E-state index in [-0.39, 0.29) is 5.69 Å². The van der Waals surface area contributed by atoms with E-state index in [4.69, 9.17) is 11.6 Å². The summed E-state index contributed by atoms with van der Waals surface area (Å²) in [5, 5.41) is 14.9. The van der Waals surface area contributed by atoms with Crippen LogP contribution in [0.5, 0.6) is 0 Å². The second-order valence-corrected chi connectivity index (χ2v) is 4.40. The lowest BCUT2D eigenvalue weighted by Gasteiger charge is -2.04. The standard InChI is InChI=1S/C10H7BrClN3O2/c11-9-2-1-8(15(16)17)5-10(9)14-4-3-7(6-12)13-14/h1-5H,6H2. The Hall–Kier alpha value is -1.40. The Morgan fingerprint density at radius 2 is 2.24 bits per heavy atom. The summed E-state index contributed by atoms with van der Waals surface area (Å²) in [4.78, 5) is 10.3. The van der Waals surface area contributed by atoms with Gasteiger partial charge in [0.15, 0.2) is 0 Å². The number of benzene rings is 1. The largest absolute Gasteiger partial charge is 0.271 e. The molecule has 0 aliphatic heterocycles. The molecule has 5 nitrogen and oxygen atoms in total. The minimum Gasteiger partial charge on any atom is -0.258 e. The monoisotopic (exact) mass is 315 g/mol. The van der Waals surface area contributed by atoms with Gasteiger partial charge < -0.3 is 0 Å². The van der Waals surface area contributed by atoms with Crippen LogP contribution in [-0.4, -0.2) is 14.7 Å². The maximum atomic E-state index is 10.7. The molecule has 0 aliphatic carbocycles. The second kappa shape index (κ2) is 4.85. The number of nitro groups is 1. The van der Waals surface area contributed by atoms with E-state index in [0.29, 0.717) is 17.3 Å². The van der Waals surface area contributed by atoms with Crippen LogP contribution in [-0.2, 0) is 5.88 Å². The fourth-order valence-corrected chi connectivity index (χ4v) is 1.93. The van der Waals surface area contributed by atoms with Crippen molar-refractivity contribution in [1.29, 1.82) is 0 Å². The zero-order chi connectivity index (χ0) is 12.4. The minimum absolute atomic E-state index is 0.0196. The summed E-state index contributed by atoms with van der Waals surface area (Å²) in [7, 11) is 0. The summed E-state index contributed by atoms with van der Waals surface area (Å²) in [6.07, 6.45) is 1.71. The lowest BCUT2D eigenvalue weighted by atomic mass is 10.3. The van der Waals surface area contributed by atoms with Gasteiger partial charge in [0.25, 0.3) is 5.69 Å². The molecule has 1 aromatic carbocycles. The number of nitrogens with zero attached hydrogens (tertiary/aromatic N) is 3. The summed E-state index contributed by atoms with van der Waals surface area (Å²) in [5.41, 5.74) is 1.34. The minimum atomic E-state index is -0.443. The SMILES string of the molecule is O=[N+]([O-])c1ccc(Br)c(-n2ccc(CCl)n2)c1. The second-order valence-electron chi connectivity index (χ2n) is 3.28. The molecule has 0 unspecified atom stereocenters. The predicted molar refractivity (Wildman–Crippen MR) is 67.5 cm³/mol. The molecule has 0 radical (unpaired) electrons. The summed E-state index contributed by atoms with van der Waals surface area (Å²) in [5.74, 6) is 0.305. The van der Waals surface area contributed by atoms with Gasteiger partial charge in [-0.2, -0.15) is 5.10 Å². The van der Waals surface area contributed by atoms with Gasteiger partial charge in [-0.25, -0.2) is 4.68 Å². The van der Waals surface area contributed by atoms with Crippen LogP contribution in [0.3, 0.4) is 0 Å². The molecule has 0 bridgehead atoms. The highest BCUT2D eigenvalue weighted by atomic mass is 79.9. The molecular formula is C10H7BrClN3O2. The molecule has 17 heavy (non-hydrogen) atoms. The first kappa shape index (κ1) is 12.1. The molecule has 1 heterocycles. The third-order valence-electron chi connectivity index (χ3n) is 2.17. The molecule has 0 saturated heterocycles. The Morgan fingerprint density at radius 1 is 1.47 bits per heavy atom. The van der Waals surface area contributed by atoms with Crippen LogP contribution in [0, 0.1) is 10.1 Å². The van der Waals surface area contributed by atoms with E-state index in [9.17, 15) is 10.1 Å². The van der Waals surface area contributed by atoms with Crippen molar-refractivity contribution in [2.45, 2.75) is 5.88 Å².